The Balaban J connectivity index is 2.31. The minimum absolute atomic E-state index is 0.298. The van der Waals surface area contributed by atoms with Crippen molar-refractivity contribution < 1.29 is 14.4 Å². The number of hydrogen-bond acceptors (Lipinski definition) is 5. The van der Waals surface area contributed by atoms with E-state index in [4.69, 9.17) is 9.63 Å². The van der Waals surface area contributed by atoms with Gasteiger partial charge in [-0.3, -0.25) is 0 Å². The van der Waals surface area contributed by atoms with Crippen molar-refractivity contribution >= 4 is 17.3 Å². The maximum atomic E-state index is 10.9. The van der Waals surface area contributed by atoms with Crippen LogP contribution in [0.3, 0.4) is 0 Å². The highest BCUT2D eigenvalue weighted by Crippen LogP contribution is 2.23. The van der Waals surface area contributed by atoms with E-state index in [0.29, 0.717) is 17.0 Å². The molecule has 0 aliphatic carbocycles. The van der Waals surface area contributed by atoms with Gasteiger partial charge in [-0.25, -0.2) is 9.78 Å². The Bertz CT molecular complexity index is 552. The molecule has 0 aromatic carbocycles. The van der Waals surface area contributed by atoms with E-state index in [1.54, 1.807) is 6.92 Å². The zero-order valence-corrected chi connectivity index (χ0v) is 10.6. The van der Waals surface area contributed by atoms with Gasteiger partial charge in [-0.2, -0.15) is 0 Å². The number of nitrogens with zero attached hydrogens (tertiary/aromatic N) is 2. The molecule has 0 atom stereocenters. The number of thiazole rings is 1. The first-order valence-corrected chi connectivity index (χ1v) is 5.92. The van der Waals surface area contributed by atoms with E-state index in [0.717, 1.165) is 22.0 Å². The number of hydrogen-bond donors (Lipinski definition) is 1. The summed E-state index contributed by atoms with van der Waals surface area (Å²) in [5.74, 6) is -0.169. The number of aromatic nitrogens is 2. The minimum atomic E-state index is -0.926. The average molecular weight is 252 g/mol. The molecule has 2 rings (SSSR count). The molecule has 0 spiro atoms. The molecule has 2 heterocycles. The third-order valence-corrected chi connectivity index (χ3v) is 3.69. The van der Waals surface area contributed by atoms with Crippen LogP contribution in [0.1, 0.15) is 37.4 Å². The molecule has 6 heteroatoms. The molecule has 1 N–H and O–H groups in total. The Labute approximate surface area is 102 Å². The fourth-order valence-corrected chi connectivity index (χ4v) is 2.55. The average Bonchev–Trinajstić information content (AvgIpc) is 2.76. The summed E-state index contributed by atoms with van der Waals surface area (Å²) in [7, 11) is 0. The first-order valence-electron chi connectivity index (χ1n) is 5.10. The molecule has 17 heavy (non-hydrogen) atoms. The zero-order chi connectivity index (χ0) is 12.6. The lowest BCUT2D eigenvalue weighted by Gasteiger charge is -1.94. The van der Waals surface area contributed by atoms with E-state index in [2.05, 4.69) is 10.1 Å². The molecule has 0 radical (unpaired) electrons. The normalized spacial score (nSPS) is 10.8. The summed E-state index contributed by atoms with van der Waals surface area (Å²) >= 11 is 1.20. The van der Waals surface area contributed by atoms with Gasteiger partial charge in [0.2, 0.25) is 0 Å². The van der Waals surface area contributed by atoms with Gasteiger partial charge in [0, 0.05) is 12.0 Å². The summed E-state index contributed by atoms with van der Waals surface area (Å²) < 4.78 is 5.06. The van der Waals surface area contributed by atoms with E-state index >= 15 is 0 Å². The minimum Gasteiger partial charge on any atom is -0.477 e. The third-order valence-electron chi connectivity index (χ3n) is 2.54. The molecule has 90 valence electrons. The van der Waals surface area contributed by atoms with E-state index in [-0.39, 0.29) is 0 Å². The zero-order valence-electron chi connectivity index (χ0n) is 9.77. The van der Waals surface area contributed by atoms with E-state index < -0.39 is 5.97 Å². The van der Waals surface area contributed by atoms with Crippen LogP contribution in [-0.2, 0) is 6.42 Å². The predicted octanol–water partition coefficient (Wildman–Crippen LogP) is 2.35. The molecule has 0 saturated heterocycles. The van der Waals surface area contributed by atoms with Crippen LogP contribution in [0.25, 0.3) is 0 Å². The van der Waals surface area contributed by atoms with Gasteiger partial charge in [0.05, 0.1) is 16.4 Å². The Kier molecular flexibility index (Phi) is 2.97. The molecule has 0 aliphatic rings. The van der Waals surface area contributed by atoms with Crippen molar-refractivity contribution in [1.82, 2.24) is 10.1 Å². The van der Waals surface area contributed by atoms with Crippen LogP contribution in [0, 0.1) is 20.8 Å². The summed E-state index contributed by atoms with van der Waals surface area (Å²) in [4.78, 5) is 15.5. The number of carboxylic acids is 1. The van der Waals surface area contributed by atoms with Crippen LogP contribution in [-0.4, -0.2) is 21.2 Å². The number of carbonyl (C=O) groups is 1. The highest BCUT2D eigenvalue weighted by molar-refractivity contribution is 7.13. The summed E-state index contributed by atoms with van der Waals surface area (Å²) in [5.41, 5.74) is 2.37. The van der Waals surface area contributed by atoms with Gasteiger partial charge >= 0.3 is 5.97 Å². The third kappa shape index (κ3) is 2.21. The molecule has 2 aromatic heterocycles. The number of aromatic carboxylic acids is 1. The standard InChI is InChI=1S/C11H12N2O3S/c1-5-8(7(3)16-13-5)4-9-12-6(2)10(17-9)11(14)15/h4H2,1-3H3,(H,14,15). The number of aryl methyl sites for hydroxylation is 3. The van der Waals surface area contributed by atoms with Crippen LogP contribution in [0.2, 0.25) is 0 Å². The topological polar surface area (TPSA) is 76.2 Å². The first kappa shape index (κ1) is 11.8. The highest BCUT2D eigenvalue weighted by Gasteiger charge is 2.17. The fourth-order valence-electron chi connectivity index (χ4n) is 1.63. The van der Waals surface area contributed by atoms with Gasteiger partial charge in [0.1, 0.15) is 10.6 Å². The van der Waals surface area contributed by atoms with Crippen molar-refractivity contribution in [2.75, 3.05) is 0 Å². The van der Waals surface area contributed by atoms with Gasteiger partial charge in [0.15, 0.2) is 0 Å². The second-order valence-corrected chi connectivity index (χ2v) is 4.89. The van der Waals surface area contributed by atoms with Crippen molar-refractivity contribution in [3.05, 3.63) is 32.6 Å². The molecule has 0 saturated carbocycles. The van der Waals surface area contributed by atoms with Crippen molar-refractivity contribution in [3.63, 3.8) is 0 Å². The molecule has 0 amide bonds. The predicted molar refractivity (Wildman–Crippen MR) is 62.6 cm³/mol. The van der Waals surface area contributed by atoms with Gasteiger partial charge in [-0.15, -0.1) is 11.3 Å². The highest BCUT2D eigenvalue weighted by atomic mass is 32.1. The summed E-state index contributed by atoms with van der Waals surface area (Å²) in [6, 6.07) is 0. The maximum Gasteiger partial charge on any atom is 0.347 e. The first-order chi connectivity index (χ1) is 7.99. The van der Waals surface area contributed by atoms with Crippen LogP contribution in [0.5, 0.6) is 0 Å². The molecular weight excluding hydrogens is 240 g/mol. The summed E-state index contributed by atoms with van der Waals surface area (Å²) in [6.45, 7) is 5.41. The monoisotopic (exact) mass is 252 g/mol. The SMILES string of the molecule is Cc1nc(Cc2c(C)noc2C)sc1C(=O)O. The van der Waals surface area contributed by atoms with E-state index in [1.807, 2.05) is 13.8 Å². The molecule has 5 nitrogen and oxygen atoms in total. The van der Waals surface area contributed by atoms with Gasteiger partial charge in [-0.05, 0) is 20.8 Å². The smallest absolute Gasteiger partial charge is 0.347 e. The summed E-state index contributed by atoms with van der Waals surface area (Å²) in [5, 5.41) is 13.6. The number of rotatable bonds is 3. The quantitative estimate of drug-likeness (QED) is 0.907. The van der Waals surface area contributed by atoms with Crippen molar-refractivity contribution in [1.29, 1.82) is 0 Å². The van der Waals surface area contributed by atoms with Crippen LogP contribution in [0.15, 0.2) is 4.52 Å². The molecular formula is C11H12N2O3S. The fraction of sp³-hybridized carbons (Fsp3) is 0.364. The van der Waals surface area contributed by atoms with Crippen molar-refractivity contribution in [2.24, 2.45) is 0 Å². The van der Waals surface area contributed by atoms with E-state index in [1.165, 1.54) is 11.3 Å². The van der Waals surface area contributed by atoms with E-state index in [9.17, 15) is 4.79 Å². The van der Waals surface area contributed by atoms with Gasteiger partial charge in [-0.1, -0.05) is 5.16 Å². The largest absolute Gasteiger partial charge is 0.477 e. The van der Waals surface area contributed by atoms with Crippen molar-refractivity contribution in [2.45, 2.75) is 27.2 Å². The van der Waals surface area contributed by atoms with Crippen molar-refractivity contribution in [3.8, 4) is 0 Å². The van der Waals surface area contributed by atoms with Gasteiger partial charge < -0.3 is 9.63 Å². The molecule has 2 aromatic rings. The Morgan fingerprint density at radius 1 is 1.35 bits per heavy atom. The Morgan fingerprint density at radius 3 is 2.53 bits per heavy atom. The van der Waals surface area contributed by atoms with Crippen LogP contribution >= 0.6 is 11.3 Å². The summed E-state index contributed by atoms with van der Waals surface area (Å²) in [6.07, 6.45) is 0.569. The second-order valence-electron chi connectivity index (χ2n) is 3.81. The lowest BCUT2D eigenvalue weighted by atomic mass is 10.1. The Hall–Kier alpha value is -1.69. The second kappa shape index (κ2) is 4.29. The maximum absolute atomic E-state index is 10.9. The number of carboxylic acid groups (broad SMARTS) is 1. The Morgan fingerprint density at radius 2 is 2.06 bits per heavy atom. The molecule has 0 fully saturated rings. The lowest BCUT2D eigenvalue weighted by Crippen LogP contribution is -1.94. The molecule has 0 aliphatic heterocycles. The van der Waals surface area contributed by atoms with Crippen LogP contribution in [0.4, 0.5) is 0 Å². The van der Waals surface area contributed by atoms with Gasteiger partial charge in [0.25, 0.3) is 0 Å². The lowest BCUT2D eigenvalue weighted by molar-refractivity contribution is 0.0701. The molecule has 0 unspecified atom stereocenters. The van der Waals surface area contributed by atoms with Crippen LogP contribution < -0.4 is 0 Å². The molecule has 0 bridgehead atoms.